The van der Waals surface area contributed by atoms with Gasteiger partial charge < -0.3 is 4.98 Å². The summed E-state index contributed by atoms with van der Waals surface area (Å²) in [5.41, 5.74) is 6.52. The summed E-state index contributed by atoms with van der Waals surface area (Å²) in [6, 6.07) is 10.4. The number of aromatic amines is 1. The fraction of sp³-hybridized carbons (Fsp3) is 0.318. The molecule has 0 fully saturated rings. The molecule has 0 unspecified atom stereocenters. The van der Waals surface area contributed by atoms with Crippen LogP contribution < -0.4 is 5.43 Å². The van der Waals surface area contributed by atoms with E-state index in [1.165, 1.54) is 36.1 Å². The molecule has 0 bridgehead atoms. The van der Waals surface area contributed by atoms with E-state index < -0.39 is 5.82 Å². The van der Waals surface area contributed by atoms with Gasteiger partial charge in [-0.1, -0.05) is 19.9 Å². The molecule has 1 aromatic heterocycles. The number of hydrogen-bond donors (Lipinski definition) is 1. The second kappa shape index (κ2) is 5.55. The Bertz CT molecular complexity index is 1050. The van der Waals surface area contributed by atoms with Crippen LogP contribution in [-0.4, -0.2) is 4.98 Å². The third-order valence-corrected chi connectivity index (χ3v) is 5.51. The SMILES string of the molecule is Cc1cc2c(cc1-c1cc(=O)c3cc(F)ccc3[nH]1)CCCC2(C)C. The van der Waals surface area contributed by atoms with Crippen molar-refractivity contribution in [3.05, 3.63) is 69.1 Å². The van der Waals surface area contributed by atoms with Crippen molar-refractivity contribution >= 4 is 10.9 Å². The molecular formula is C22H22FNO. The van der Waals surface area contributed by atoms with Crippen LogP contribution in [0.2, 0.25) is 0 Å². The Hall–Kier alpha value is -2.42. The molecule has 0 amide bonds. The first kappa shape index (κ1) is 16.1. The summed E-state index contributed by atoms with van der Waals surface area (Å²) in [5.74, 6) is -0.391. The molecule has 1 aliphatic rings. The predicted octanol–water partition coefficient (Wildman–Crippen LogP) is 5.26. The van der Waals surface area contributed by atoms with E-state index in [-0.39, 0.29) is 10.8 Å². The summed E-state index contributed by atoms with van der Waals surface area (Å²) in [4.78, 5) is 15.8. The summed E-state index contributed by atoms with van der Waals surface area (Å²) < 4.78 is 13.4. The lowest BCUT2D eigenvalue weighted by atomic mass is 9.71. The number of fused-ring (bicyclic) bond motifs is 2. The van der Waals surface area contributed by atoms with Gasteiger partial charge in [-0.15, -0.1) is 0 Å². The van der Waals surface area contributed by atoms with E-state index in [9.17, 15) is 9.18 Å². The predicted molar refractivity (Wildman–Crippen MR) is 101 cm³/mol. The molecule has 1 N–H and O–H groups in total. The standard InChI is InChI=1S/C22H22FNO/c1-13-9-18-14(5-4-8-22(18,2)3)10-16(13)20-12-21(25)17-11-15(23)6-7-19(17)24-20/h6-7,9-12H,4-5,8H2,1-3H3,(H,24,25). The van der Waals surface area contributed by atoms with Crippen LogP contribution in [0.25, 0.3) is 22.2 Å². The summed E-state index contributed by atoms with van der Waals surface area (Å²) in [6.07, 6.45) is 3.47. The monoisotopic (exact) mass is 335 g/mol. The van der Waals surface area contributed by atoms with Crippen molar-refractivity contribution < 1.29 is 4.39 Å². The number of halogens is 1. The number of nitrogens with one attached hydrogen (secondary N) is 1. The smallest absolute Gasteiger partial charge is 0.190 e. The molecule has 4 rings (SSSR count). The second-order valence-electron chi connectivity index (χ2n) is 7.80. The second-order valence-corrected chi connectivity index (χ2v) is 7.80. The highest BCUT2D eigenvalue weighted by Gasteiger charge is 2.28. The minimum Gasteiger partial charge on any atom is -0.354 e. The van der Waals surface area contributed by atoms with Crippen LogP contribution >= 0.6 is 0 Å². The third-order valence-electron chi connectivity index (χ3n) is 5.51. The molecule has 2 nitrogen and oxygen atoms in total. The van der Waals surface area contributed by atoms with Gasteiger partial charge in [0.05, 0.1) is 0 Å². The lowest BCUT2D eigenvalue weighted by molar-refractivity contribution is 0.431. The number of rotatable bonds is 1. The number of benzene rings is 2. The van der Waals surface area contributed by atoms with Crippen molar-refractivity contribution in [2.45, 2.75) is 45.4 Å². The van der Waals surface area contributed by atoms with Crippen LogP contribution in [0.1, 0.15) is 43.4 Å². The Labute approximate surface area is 146 Å². The quantitative estimate of drug-likeness (QED) is 0.647. The van der Waals surface area contributed by atoms with Crippen LogP contribution in [0.3, 0.4) is 0 Å². The normalized spacial score (nSPS) is 16.0. The number of aromatic nitrogens is 1. The molecular weight excluding hydrogens is 313 g/mol. The van der Waals surface area contributed by atoms with Crippen molar-refractivity contribution in [1.82, 2.24) is 4.98 Å². The molecule has 128 valence electrons. The molecule has 0 spiro atoms. The van der Waals surface area contributed by atoms with Crippen molar-refractivity contribution in [1.29, 1.82) is 0 Å². The highest BCUT2D eigenvalue weighted by atomic mass is 19.1. The van der Waals surface area contributed by atoms with E-state index in [4.69, 9.17) is 0 Å². The highest BCUT2D eigenvalue weighted by molar-refractivity contribution is 5.82. The summed E-state index contributed by atoms with van der Waals surface area (Å²) in [6.45, 7) is 6.70. The van der Waals surface area contributed by atoms with Gasteiger partial charge in [0.2, 0.25) is 0 Å². The van der Waals surface area contributed by atoms with Gasteiger partial charge in [0, 0.05) is 28.2 Å². The Balaban J connectivity index is 1.92. The van der Waals surface area contributed by atoms with Gasteiger partial charge in [0.15, 0.2) is 5.43 Å². The van der Waals surface area contributed by atoms with Gasteiger partial charge >= 0.3 is 0 Å². The van der Waals surface area contributed by atoms with E-state index >= 15 is 0 Å². The first-order valence-electron chi connectivity index (χ1n) is 8.82. The lowest BCUT2D eigenvalue weighted by Gasteiger charge is -2.33. The molecule has 25 heavy (non-hydrogen) atoms. The highest BCUT2D eigenvalue weighted by Crippen LogP contribution is 2.39. The van der Waals surface area contributed by atoms with Crippen LogP contribution in [0, 0.1) is 12.7 Å². The zero-order chi connectivity index (χ0) is 17.8. The first-order valence-corrected chi connectivity index (χ1v) is 8.82. The Morgan fingerprint density at radius 3 is 2.72 bits per heavy atom. The Morgan fingerprint density at radius 2 is 1.92 bits per heavy atom. The van der Waals surface area contributed by atoms with Gasteiger partial charge in [-0.2, -0.15) is 0 Å². The Kier molecular flexibility index (Phi) is 3.57. The zero-order valence-corrected chi connectivity index (χ0v) is 14.9. The Morgan fingerprint density at radius 1 is 1.12 bits per heavy atom. The van der Waals surface area contributed by atoms with Crippen molar-refractivity contribution in [3.8, 4) is 11.3 Å². The van der Waals surface area contributed by atoms with Crippen LogP contribution in [0.15, 0.2) is 41.2 Å². The fourth-order valence-corrected chi connectivity index (χ4v) is 4.10. The summed E-state index contributed by atoms with van der Waals surface area (Å²) >= 11 is 0. The van der Waals surface area contributed by atoms with Gasteiger partial charge in [-0.05, 0) is 72.6 Å². The van der Waals surface area contributed by atoms with Gasteiger partial charge in [0.25, 0.3) is 0 Å². The van der Waals surface area contributed by atoms with E-state index in [0.29, 0.717) is 10.9 Å². The molecule has 3 aromatic rings. The van der Waals surface area contributed by atoms with E-state index in [1.54, 1.807) is 12.1 Å². The molecule has 1 heterocycles. The minimum absolute atomic E-state index is 0.152. The van der Waals surface area contributed by atoms with Crippen molar-refractivity contribution in [2.75, 3.05) is 0 Å². The molecule has 0 atom stereocenters. The maximum absolute atomic E-state index is 13.4. The van der Waals surface area contributed by atoms with Gasteiger partial charge in [0.1, 0.15) is 5.82 Å². The molecule has 0 aliphatic heterocycles. The van der Waals surface area contributed by atoms with Crippen LogP contribution in [-0.2, 0) is 11.8 Å². The van der Waals surface area contributed by atoms with Crippen LogP contribution in [0.4, 0.5) is 4.39 Å². The van der Waals surface area contributed by atoms with Gasteiger partial charge in [-0.3, -0.25) is 4.79 Å². The lowest BCUT2D eigenvalue weighted by Crippen LogP contribution is -2.24. The molecule has 0 saturated carbocycles. The third kappa shape index (κ3) is 2.68. The minimum atomic E-state index is -0.391. The van der Waals surface area contributed by atoms with Gasteiger partial charge in [-0.25, -0.2) is 4.39 Å². The van der Waals surface area contributed by atoms with E-state index in [1.807, 2.05) is 0 Å². The van der Waals surface area contributed by atoms with Crippen molar-refractivity contribution in [3.63, 3.8) is 0 Å². The van der Waals surface area contributed by atoms with E-state index in [0.717, 1.165) is 23.2 Å². The number of hydrogen-bond acceptors (Lipinski definition) is 1. The maximum atomic E-state index is 13.4. The molecule has 1 aliphatic carbocycles. The zero-order valence-electron chi connectivity index (χ0n) is 14.9. The van der Waals surface area contributed by atoms with E-state index in [2.05, 4.69) is 37.9 Å². The number of aryl methyl sites for hydroxylation is 2. The average molecular weight is 335 g/mol. The largest absolute Gasteiger partial charge is 0.354 e. The average Bonchev–Trinajstić information content (AvgIpc) is 2.55. The molecule has 0 saturated heterocycles. The molecule has 0 radical (unpaired) electrons. The molecule has 2 aromatic carbocycles. The van der Waals surface area contributed by atoms with Crippen LogP contribution in [0.5, 0.6) is 0 Å². The molecule has 3 heteroatoms. The number of H-pyrrole nitrogens is 1. The maximum Gasteiger partial charge on any atom is 0.190 e. The van der Waals surface area contributed by atoms with Crippen molar-refractivity contribution in [2.24, 2.45) is 0 Å². The summed E-state index contributed by atoms with van der Waals surface area (Å²) in [7, 11) is 0. The number of pyridine rings is 1. The fourth-order valence-electron chi connectivity index (χ4n) is 4.10. The summed E-state index contributed by atoms with van der Waals surface area (Å²) in [5, 5.41) is 0.389. The first-order chi connectivity index (χ1) is 11.8. The topological polar surface area (TPSA) is 32.9 Å².